The fraction of sp³-hybridized carbons (Fsp3) is 0.200. The first-order valence-electron chi connectivity index (χ1n) is 8.51. The van der Waals surface area contributed by atoms with Crippen LogP contribution in [0.25, 0.3) is 21.9 Å². The zero-order valence-corrected chi connectivity index (χ0v) is 16.0. The van der Waals surface area contributed by atoms with Gasteiger partial charge in [0.25, 0.3) is 0 Å². The average molecular weight is 380 g/mol. The number of nitrogens with two attached hydrogens (primary N) is 1. The number of fused-ring (bicyclic) bond motifs is 3. The minimum atomic E-state index is -0.0203. The van der Waals surface area contributed by atoms with E-state index in [-0.39, 0.29) is 6.61 Å². The number of thioether (sulfide) groups is 1. The van der Waals surface area contributed by atoms with Gasteiger partial charge in [-0.05, 0) is 24.0 Å². The van der Waals surface area contributed by atoms with Crippen molar-refractivity contribution in [1.82, 2.24) is 14.5 Å². The molecule has 2 aromatic heterocycles. The van der Waals surface area contributed by atoms with Crippen LogP contribution in [0.2, 0.25) is 0 Å². The minimum absolute atomic E-state index is 0.0203. The second kappa shape index (κ2) is 7.09. The van der Waals surface area contributed by atoms with Gasteiger partial charge < -0.3 is 20.1 Å². The zero-order valence-electron chi connectivity index (χ0n) is 15.1. The van der Waals surface area contributed by atoms with Gasteiger partial charge in [-0.3, -0.25) is 0 Å². The maximum absolute atomic E-state index is 9.38. The third-order valence-corrected chi connectivity index (χ3v) is 5.30. The van der Waals surface area contributed by atoms with Crippen LogP contribution in [-0.4, -0.2) is 33.0 Å². The molecule has 0 atom stereocenters. The highest BCUT2D eigenvalue weighted by atomic mass is 32.2. The molecule has 7 heteroatoms. The number of ether oxygens (including phenoxy) is 1. The molecule has 2 heterocycles. The number of methoxy groups -OCH3 is 1. The van der Waals surface area contributed by atoms with Crippen molar-refractivity contribution in [2.24, 2.45) is 0 Å². The van der Waals surface area contributed by atoms with E-state index < -0.39 is 0 Å². The van der Waals surface area contributed by atoms with Crippen molar-refractivity contribution in [3.63, 3.8) is 0 Å². The Morgan fingerprint density at radius 3 is 2.74 bits per heavy atom. The highest BCUT2D eigenvalue weighted by Crippen LogP contribution is 2.33. The third kappa shape index (κ3) is 2.98. The highest BCUT2D eigenvalue weighted by molar-refractivity contribution is 7.98. The molecule has 3 N–H and O–H groups in total. The Bertz CT molecular complexity index is 1140. The Morgan fingerprint density at radius 1 is 1.19 bits per heavy atom. The number of aliphatic hydroxyl groups is 1. The standard InChI is InChI=1S/C20H20N4O2S/c1-26-16-9-12(11-25)7-8-13(16)10-24-18-14-5-3-4-6-15(14)22-19(21)17(18)23-20(24)27-2/h3-9,25H,10-11H2,1-2H3,(H2,21,22). The Labute approximate surface area is 161 Å². The van der Waals surface area contributed by atoms with Crippen LogP contribution in [0.4, 0.5) is 5.82 Å². The smallest absolute Gasteiger partial charge is 0.169 e. The molecule has 0 aliphatic carbocycles. The summed E-state index contributed by atoms with van der Waals surface area (Å²) < 4.78 is 7.69. The number of pyridine rings is 1. The number of aliphatic hydroxyl groups excluding tert-OH is 1. The van der Waals surface area contributed by atoms with E-state index in [1.807, 2.05) is 48.7 Å². The van der Waals surface area contributed by atoms with Crippen molar-refractivity contribution in [1.29, 1.82) is 0 Å². The first-order valence-corrected chi connectivity index (χ1v) is 9.73. The molecule has 0 saturated carbocycles. The number of imidazole rings is 1. The summed E-state index contributed by atoms with van der Waals surface area (Å²) in [6.07, 6.45) is 2.00. The Hall–Kier alpha value is -2.77. The number of hydrogen-bond acceptors (Lipinski definition) is 6. The minimum Gasteiger partial charge on any atom is -0.496 e. The summed E-state index contributed by atoms with van der Waals surface area (Å²) >= 11 is 1.57. The highest BCUT2D eigenvalue weighted by Gasteiger charge is 2.18. The first kappa shape index (κ1) is 17.6. The average Bonchev–Trinajstić information content (AvgIpc) is 3.07. The molecule has 0 bridgehead atoms. The number of nitrogens with zero attached hydrogens (tertiary/aromatic N) is 3. The van der Waals surface area contributed by atoms with Crippen LogP contribution in [0, 0.1) is 0 Å². The van der Waals surface area contributed by atoms with Gasteiger partial charge in [0.05, 0.1) is 31.3 Å². The second-order valence-corrected chi connectivity index (χ2v) is 6.97. The molecule has 0 amide bonds. The Morgan fingerprint density at radius 2 is 2.00 bits per heavy atom. The van der Waals surface area contributed by atoms with Crippen molar-refractivity contribution in [3.8, 4) is 5.75 Å². The van der Waals surface area contributed by atoms with Crippen LogP contribution in [0.1, 0.15) is 11.1 Å². The lowest BCUT2D eigenvalue weighted by Crippen LogP contribution is -2.04. The molecule has 0 unspecified atom stereocenters. The van der Waals surface area contributed by atoms with E-state index in [0.29, 0.717) is 17.9 Å². The summed E-state index contributed by atoms with van der Waals surface area (Å²) in [5.74, 6) is 1.17. The topological polar surface area (TPSA) is 86.2 Å². The molecule has 6 nitrogen and oxygen atoms in total. The number of para-hydroxylation sites is 1. The molecule has 4 aromatic rings. The number of rotatable bonds is 5. The third-order valence-electron chi connectivity index (χ3n) is 4.62. The summed E-state index contributed by atoms with van der Waals surface area (Å²) in [6.45, 7) is 0.558. The largest absolute Gasteiger partial charge is 0.496 e. The maximum Gasteiger partial charge on any atom is 0.169 e. The van der Waals surface area contributed by atoms with E-state index in [2.05, 4.69) is 9.55 Å². The molecule has 0 radical (unpaired) electrons. The van der Waals surface area contributed by atoms with Crippen LogP contribution in [0.3, 0.4) is 0 Å². The van der Waals surface area contributed by atoms with Gasteiger partial charge >= 0.3 is 0 Å². The van der Waals surface area contributed by atoms with Crippen LogP contribution in [-0.2, 0) is 13.2 Å². The lowest BCUT2D eigenvalue weighted by molar-refractivity contribution is 0.281. The van der Waals surface area contributed by atoms with Gasteiger partial charge in [0, 0.05) is 10.9 Å². The van der Waals surface area contributed by atoms with Crippen LogP contribution < -0.4 is 10.5 Å². The van der Waals surface area contributed by atoms with E-state index in [1.165, 1.54) is 0 Å². The summed E-state index contributed by atoms with van der Waals surface area (Å²) in [6, 6.07) is 13.7. The van der Waals surface area contributed by atoms with Crippen molar-refractivity contribution < 1.29 is 9.84 Å². The van der Waals surface area contributed by atoms with E-state index in [4.69, 9.17) is 15.5 Å². The molecule has 27 heavy (non-hydrogen) atoms. The van der Waals surface area contributed by atoms with Gasteiger partial charge in [-0.2, -0.15) is 0 Å². The molecule has 4 rings (SSSR count). The predicted molar refractivity (Wildman–Crippen MR) is 109 cm³/mol. The lowest BCUT2D eigenvalue weighted by Gasteiger charge is -2.14. The second-order valence-electron chi connectivity index (χ2n) is 6.20. The van der Waals surface area contributed by atoms with Crippen molar-refractivity contribution in [2.45, 2.75) is 18.3 Å². The lowest BCUT2D eigenvalue weighted by atomic mass is 10.1. The summed E-state index contributed by atoms with van der Waals surface area (Å²) in [7, 11) is 1.64. The molecule has 138 valence electrons. The number of anilines is 1. The maximum atomic E-state index is 9.38. The first-order chi connectivity index (χ1) is 13.2. The summed E-state index contributed by atoms with van der Waals surface area (Å²) in [4.78, 5) is 9.22. The summed E-state index contributed by atoms with van der Waals surface area (Å²) in [5, 5.41) is 11.3. The monoisotopic (exact) mass is 380 g/mol. The number of aromatic nitrogens is 3. The fourth-order valence-corrected chi connectivity index (χ4v) is 3.89. The number of benzene rings is 2. The number of hydrogen-bond donors (Lipinski definition) is 2. The molecule has 2 aromatic carbocycles. The SMILES string of the molecule is COc1cc(CO)ccc1Cn1c(SC)nc2c(N)nc3ccccc3c21. The molecule has 0 aliphatic rings. The van der Waals surface area contributed by atoms with Crippen molar-refractivity contribution in [2.75, 3.05) is 19.1 Å². The van der Waals surface area contributed by atoms with Gasteiger partial charge in [-0.1, -0.05) is 42.1 Å². The molecule has 0 saturated heterocycles. The van der Waals surface area contributed by atoms with Crippen LogP contribution in [0.5, 0.6) is 5.75 Å². The van der Waals surface area contributed by atoms with E-state index in [1.54, 1.807) is 18.9 Å². The molecule has 0 fully saturated rings. The van der Waals surface area contributed by atoms with Gasteiger partial charge in [0.15, 0.2) is 11.0 Å². The van der Waals surface area contributed by atoms with E-state index >= 15 is 0 Å². The number of nitrogen functional groups attached to an aromatic ring is 1. The van der Waals surface area contributed by atoms with Crippen LogP contribution in [0.15, 0.2) is 47.6 Å². The van der Waals surface area contributed by atoms with E-state index in [9.17, 15) is 5.11 Å². The van der Waals surface area contributed by atoms with E-state index in [0.717, 1.165) is 38.5 Å². The van der Waals surface area contributed by atoms with Gasteiger partial charge in [-0.15, -0.1) is 0 Å². The predicted octanol–water partition coefficient (Wildman–Crippen LogP) is 3.44. The molecule has 0 spiro atoms. The molecular weight excluding hydrogens is 360 g/mol. The van der Waals surface area contributed by atoms with Crippen molar-refractivity contribution >= 4 is 39.5 Å². The van der Waals surface area contributed by atoms with Crippen LogP contribution >= 0.6 is 11.8 Å². The molecular formula is C20H20N4O2S. The van der Waals surface area contributed by atoms with Gasteiger partial charge in [-0.25, -0.2) is 9.97 Å². The zero-order chi connectivity index (χ0) is 19.0. The molecule has 0 aliphatic heterocycles. The fourth-order valence-electron chi connectivity index (χ4n) is 3.33. The van der Waals surface area contributed by atoms with Crippen molar-refractivity contribution in [3.05, 3.63) is 53.6 Å². The Balaban J connectivity index is 1.96. The van der Waals surface area contributed by atoms with Gasteiger partial charge in [0.1, 0.15) is 11.3 Å². The normalized spacial score (nSPS) is 11.4. The Kier molecular flexibility index (Phi) is 4.63. The quantitative estimate of drug-likeness (QED) is 0.516. The summed E-state index contributed by atoms with van der Waals surface area (Å²) in [5.41, 5.74) is 10.5. The van der Waals surface area contributed by atoms with Gasteiger partial charge in [0.2, 0.25) is 0 Å².